The third-order valence-electron chi connectivity index (χ3n) is 3.98. The lowest BCUT2D eigenvalue weighted by Gasteiger charge is -2.09. The second kappa shape index (κ2) is 6.16. The number of hydrogen-bond donors (Lipinski definition) is 1. The number of thiazole rings is 1. The number of rotatable bonds is 6. The Bertz CT molecular complexity index is 632. The molecule has 1 aromatic heterocycles. The van der Waals surface area contributed by atoms with Gasteiger partial charge in [0.1, 0.15) is 17.4 Å². The van der Waals surface area contributed by atoms with Crippen molar-refractivity contribution in [1.29, 1.82) is 0 Å². The molecule has 3 rings (SSSR count). The van der Waals surface area contributed by atoms with Crippen LogP contribution in [0.4, 0.5) is 0 Å². The van der Waals surface area contributed by atoms with Crippen molar-refractivity contribution in [3.63, 3.8) is 0 Å². The molecule has 0 bridgehead atoms. The summed E-state index contributed by atoms with van der Waals surface area (Å²) in [6.07, 6.45) is 2.58. The molecule has 1 aromatic carbocycles. The summed E-state index contributed by atoms with van der Waals surface area (Å²) in [5.74, 6) is 1.66. The molecule has 21 heavy (non-hydrogen) atoms. The van der Waals surface area contributed by atoms with Gasteiger partial charge in [-0.2, -0.15) is 0 Å². The Hall–Kier alpha value is -1.39. The molecule has 2 aromatic rings. The molecular formula is C17H22N2OS. The van der Waals surface area contributed by atoms with Crippen molar-refractivity contribution in [3.05, 3.63) is 44.9 Å². The number of hydrogen-bond acceptors (Lipinski definition) is 4. The van der Waals surface area contributed by atoms with Crippen LogP contribution in [0.25, 0.3) is 0 Å². The van der Waals surface area contributed by atoms with Crippen LogP contribution in [0.1, 0.15) is 45.5 Å². The van der Waals surface area contributed by atoms with Crippen LogP contribution in [-0.4, -0.2) is 12.0 Å². The van der Waals surface area contributed by atoms with Gasteiger partial charge in [-0.25, -0.2) is 4.98 Å². The summed E-state index contributed by atoms with van der Waals surface area (Å²) in [6, 6.07) is 6.19. The zero-order chi connectivity index (χ0) is 14.8. The predicted molar refractivity (Wildman–Crippen MR) is 87.1 cm³/mol. The van der Waals surface area contributed by atoms with E-state index in [1.807, 2.05) is 19.2 Å². The highest BCUT2D eigenvalue weighted by Gasteiger charge is 2.29. The fraction of sp³-hybridized carbons (Fsp3) is 0.471. The summed E-state index contributed by atoms with van der Waals surface area (Å²) in [6.45, 7) is 5.70. The van der Waals surface area contributed by atoms with Gasteiger partial charge in [0.2, 0.25) is 0 Å². The molecule has 0 unspecified atom stereocenters. The van der Waals surface area contributed by atoms with Gasteiger partial charge in [-0.3, -0.25) is 0 Å². The minimum absolute atomic E-state index is 0.568. The van der Waals surface area contributed by atoms with Crippen LogP contribution in [0.2, 0.25) is 0 Å². The van der Waals surface area contributed by atoms with Gasteiger partial charge in [-0.1, -0.05) is 12.1 Å². The molecule has 0 radical (unpaired) electrons. The van der Waals surface area contributed by atoms with Crippen molar-refractivity contribution in [2.45, 2.75) is 45.8 Å². The first-order valence-corrected chi connectivity index (χ1v) is 8.32. The van der Waals surface area contributed by atoms with Gasteiger partial charge >= 0.3 is 0 Å². The highest BCUT2D eigenvalue weighted by molar-refractivity contribution is 7.11. The lowest BCUT2D eigenvalue weighted by Crippen LogP contribution is -2.05. The van der Waals surface area contributed by atoms with E-state index in [1.165, 1.54) is 34.5 Å². The van der Waals surface area contributed by atoms with E-state index < -0.39 is 0 Å². The van der Waals surface area contributed by atoms with E-state index in [1.54, 1.807) is 11.3 Å². The maximum atomic E-state index is 5.98. The third-order valence-corrected chi connectivity index (χ3v) is 5.02. The van der Waals surface area contributed by atoms with E-state index in [9.17, 15) is 0 Å². The van der Waals surface area contributed by atoms with Gasteiger partial charge in [0.15, 0.2) is 0 Å². The van der Waals surface area contributed by atoms with Gasteiger partial charge in [0.05, 0.1) is 5.69 Å². The Morgan fingerprint density at radius 2 is 2.14 bits per heavy atom. The molecule has 0 aliphatic heterocycles. The minimum Gasteiger partial charge on any atom is -0.486 e. The predicted octanol–water partition coefficient (Wildman–Crippen LogP) is 3.94. The van der Waals surface area contributed by atoms with Gasteiger partial charge in [-0.05, 0) is 50.9 Å². The van der Waals surface area contributed by atoms with Gasteiger partial charge in [0.25, 0.3) is 0 Å². The number of benzene rings is 1. The Morgan fingerprint density at radius 3 is 2.86 bits per heavy atom. The van der Waals surface area contributed by atoms with Crippen molar-refractivity contribution in [3.8, 4) is 5.75 Å². The molecule has 1 aliphatic carbocycles. The summed E-state index contributed by atoms with van der Waals surface area (Å²) in [7, 11) is 1.99. The van der Waals surface area contributed by atoms with E-state index in [2.05, 4.69) is 25.2 Å². The molecule has 1 N–H and O–H groups in total. The standard InChI is InChI=1S/C17H22N2OS/c1-11-5-4-6-14(12(11)2)20-10-16-19-17(13-7-8-13)15(21-16)9-18-3/h4-6,13,18H,7-10H2,1-3H3. The first-order chi connectivity index (χ1) is 10.2. The molecule has 112 valence electrons. The fourth-order valence-corrected chi connectivity index (χ4v) is 3.54. The van der Waals surface area contributed by atoms with Gasteiger partial charge in [-0.15, -0.1) is 11.3 Å². The fourth-order valence-electron chi connectivity index (χ4n) is 2.46. The Morgan fingerprint density at radius 1 is 1.33 bits per heavy atom. The topological polar surface area (TPSA) is 34.1 Å². The van der Waals surface area contributed by atoms with Crippen molar-refractivity contribution in [2.24, 2.45) is 0 Å². The van der Waals surface area contributed by atoms with Crippen molar-refractivity contribution in [2.75, 3.05) is 7.05 Å². The maximum absolute atomic E-state index is 5.98. The average molecular weight is 302 g/mol. The van der Waals surface area contributed by atoms with E-state index in [4.69, 9.17) is 9.72 Å². The molecule has 0 spiro atoms. The number of ether oxygens (including phenoxy) is 1. The van der Waals surface area contributed by atoms with Crippen LogP contribution in [0.15, 0.2) is 18.2 Å². The molecule has 1 heterocycles. The van der Waals surface area contributed by atoms with Crippen LogP contribution in [0.5, 0.6) is 5.75 Å². The van der Waals surface area contributed by atoms with Crippen LogP contribution in [0, 0.1) is 13.8 Å². The highest BCUT2D eigenvalue weighted by atomic mass is 32.1. The van der Waals surface area contributed by atoms with Gasteiger partial charge < -0.3 is 10.1 Å². The van der Waals surface area contributed by atoms with Crippen LogP contribution in [0.3, 0.4) is 0 Å². The quantitative estimate of drug-likeness (QED) is 0.877. The van der Waals surface area contributed by atoms with E-state index in [0.717, 1.165) is 17.3 Å². The van der Waals surface area contributed by atoms with Crippen LogP contribution in [-0.2, 0) is 13.2 Å². The number of nitrogens with zero attached hydrogens (tertiary/aromatic N) is 1. The molecule has 1 aliphatic rings. The zero-order valence-electron chi connectivity index (χ0n) is 12.9. The van der Waals surface area contributed by atoms with E-state index in [0.29, 0.717) is 12.5 Å². The first kappa shape index (κ1) is 14.5. The molecule has 1 saturated carbocycles. The Kier molecular flexibility index (Phi) is 4.27. The molecule has 0 atom stereocenters. The first-order valence-electron chi connectivity index (χ1n) is 7.51. The summed E-state index contributed by atoms with van der Waals surface area (Å²) in [5, 5.41) is 4.33. The summed E-state index contributed by atoms with van der Waals surface area (Å²) in [4.78, 5) is 6.19. The van der Waals surface area contributed by atoms with Crippen LogP contribution >= 0.6 is 11.3 Å². The number of aryl methyl sites for hydroxylation is 1. The summed E-state index contributed by atoms with van der Waals surface area (Å²) >= 11 is 1.78. The van der Waals surface area contributed by atoms with Crippen LogP contribution < -0.4 is 10.1 Å². The van der Waals surface area contributed by atoms with E-state index >= 15 is 0 Å². The highest BCUT2D eigenvalue weighted by Crippen LogP contribution is 2.42. The monoisotopic (exact) mass is 302 g/mol. The molecular weight excluding hydrogens is 280 g/mol. The Balaban J connectivity index is 1.73. The second-order valence-electron chi connectivity index (χ2n) is 5.71. The summed E-state index contributed by atoms with van der Waals surface area (Å²) in [5.41, 5.74) is 3.78. The average Bonchev–Trinajstić information content (AvgIpc) is 3.23. The zero-order valence-corrected chi connectivity index (χ0v) is 13.7. The number of aromatic nitrogens is 1. The second-order valence-corrected chi connectivity index (χ2v) is 6.88. The molecule has 3 nitrogen and oxygen atoms in total. The molecule has 0 saturated heterocycles. The minimum atomic E-state index is 0.568. The SMILES string of the molecule is CNCc1sc(COc2cccc(C)c2C)nc1C1CC1. The van der Waals surface area contributed by atoms with Crippen molar-refractivity contribution < 1.29 is 4.74 Å². The Labute approximate surface area is 130 Å². The summed E-state index contributed by atoms with van der Waals surface area (Å²) < 4.78 is 5.98. The normalized spacial score (nSPS) is 14.4. The lowest BCUT2D eigenvalue weighted by molar-refractivity contribution is 0.303. The third kappa shape index (κ3) is 3.27. The van der Waals surface area contributed by atoms with Gasteiger partial charge in [0, 0.05) is 17.3 Å². The number of nitrogens with one attached hydrogen (secondary N) is 1. The molecule has 1 fully saturated rings. The largest absolute Gasteiger partial charge is 0.486 e. The molecule has 0 amide bonds. The maximum Gasteiger partial charge on any atom is 0.140 e. The lowest BCUT2D eigenvalue weighted by atomic mass is 10.1. The molecule has 4 heteroatoms. The van der Waals surface area contributed by atoms with E-state index in [-0.39, 0.29) is 0 Å². The van der Waals surface area contributed by atoms with Crippen molar-refractivity contribution >= 4 is 11.3 Å². The smallest absolute Gasteiger partial charge is 0.140 e. The van der Waals surface area contributed by atoms with Crippen molar-refractivity contribution in [1.82, 2.24) is 10.3 Å².